The third-order valence-electron chi connectivity index (χ3n) is 1.67. The van der Waals surface area contributed by atoms with Crippen molar-refractivity contribution in [2.24, 2.45) is 10.8 Å². The second-order valence-electron chi connectivity index (χ2n) is 3.16. The highest BCUT2D eigenvalue weighted by Gasteiger charge is 2.11. The fourth-order valence-electron chi connectivity index (χ4n) is 0.902. The van der Waals surface area contributed by atoms with E-state index in [9.17, 15) is 8.42 Å². The third-order valence-corrected chi connectivity index (χ3v) is 2.90. The molecule has 0 aliphatic rings. The highest BCUT2D eigenvalue weighted by atomic mass is 32.2. The van der Waals surface area contributed by atoms with Gasteiger partial charge in [0.25, 0.3) is 10.0 Å². The van der Waals surface area contributed by atoms with Crippen molar-refractivity contribution < 1.29 is 8.42 Å². The van der Waals surface area contributed by atoms with Crippen LogP contribution in [0.15, 0.2) is 34.3 Å². The third kappa shape index (κ3) is 3.25. The first-order valence-electron chi connectivity index (χ1n) is 4.30. The summed E-state index contributed by atoms with van der Waals surface area (Å²) >= 11 is 0. The Balaban J connectivity index is 2.97. The molecule has 1 aromatic rings. The normalized spacial score (nSPS) is 12.5. The van der Waals surface area contributed by atoms with Crippen molar-refractivity contribution in [3.8, 4) is 0 Å². The Bertz CT molecular complexity index is 459. The van der Waals surface area contributed by atoms with E-state index in [1.807, 2.05) is 11.8 Å². The van der Waals surface area contributed by atoms with Crippen LogP contribution in [0.2, 0.25) is 0 Å². The summed E-state index contributed by atoms with van der Waals surface area (Å²) in [6, 6.07) is 6.46. The van der Waals surface area contributed by atoms with Crippen molar-refractivity contribution >= 4 is 15.9 Å². The van der Waals surface area contributed by atoms with Gasteiger partial charge in [0.05, 0.1) is 4.90 Å². The highest BCUT2D eigenvalue weighted by molar-refractivity contribution is 7.89. The molecule has 3 N–H and O–H groups in total. The van der Waals surface area contributed by atoms with E-state index in [1.54, 1.807) is 12.1 Å². The van der Waals surface area contributed by atoms with Crippen LogP contribution in [0.3, 0.4) is 0 Å². The minimum atomic E-state index is -3.59. The van der Waals surface area contributed by atoms with E-state index in [0.717, 1.165) is 5.56 Å². The molecule has 0 aliphatic heterocycles. The number of amidine groups is 1. The standard InChI is InChI=1S/C9H13N3O2S/c1-7-3-5-9(6-4-7)15(13,14)12-11-8(2)10/h3-6,12H,1-2H3,(H2,10,11). The summed E-state index contributed by atoms with van der Waals surface area (Å²) in [4.78, 5) is 2.19. The van der Waals surface area contributed by atoms with Gasteiger partial charge in [0.15, 0.2) is 0 Å². The van der Waals surface area contributed by atoms with Crippen LogP contribution in [-0.4, -0.2) is 14.3 Å². The monoisotopic (exact) mass is 227 g/mol. The summed E-state index contributed by atoms with van der Waals surface area (Å²) in [5.74, 6) is 0.158. The maximum absolute atomic E-state index is 11.6. The van der Waals surface area contributed by atoms with Crippen molar-refractivity contribution in [3.63, 3.8) is 0 Å². The number of nitrogens with zero attached hydrogens (tertiary/aromatic N) is 1. The summed E-state index contributed by atoms with van der Waals surface area (Å²) in [6.45, 7) is 3.38. The first-order valence-corrected chi connectivity index (χ1v) is 5.78. The van der Waals surface area contributed by atoms with Crippen molar-refractivity contribution in [2.45, 2.75) is 18.7 Å². The Morgan fingerprint density at radius 2 is 1.87 bits per heavy atom. The fraction of sp³-hybridized carbons (Fsp3) is 0.222. The first kappa shape index (κ1) is 11.5. The van der Waals surface area contributed by atoms with E-state index in [0.29, 0.717) is 0 Å². The van der Waals surface area contributed by atoms with E-state index in [4.69, 9.17) is 5.73 Å². The molecule has 1 aromatic carbocycles. The number of rotatable bonds is 3. The van der Waals surface area contributed by atoms with Crippen molar-refractivity contribution in [3.05, 3.63) is 29.8 Å². The molecule has 0 atom stereocenters. The molecule has 0 bridgehead atoms. The van der Waals surface area contributed by atoms with Crippen LogP contribution in [0.25, 0.3) is 0 Å². The number of nitrogens with two attached hydrogens (primary N) is 1. The molecule has 0 saturated heterocycles. The zero-order valence-corrected chi connectivity index (χ0v) is 9.38. The topological polar surface area (TPSA) is 84.5 Å². The Labute approximate surface area is 89.0 Å². The molecule has 15 heavy (non-hydrogen) atoms. The molecule has 5 nitrogen and oxygen atoms in total. The van der Waals surface area contributed by atoms with Gasteiger partial charge in [-0.05, 0) is 26.0 Å². The molecular weight excluding hydrogens is 214 g/mol. The quantitative estimate of drug-likeness (QED) is 0.449. The summed E-state index contributed by atoms with van der Waals surface area (Å²) in [7, 11) is -3.59. The van der Waals surface area contributed by atoms with Gasteiger partial charge in [-0.2, -0.15) is 18.4 Å². The lowest BCUT2D eigenvalue weighted by Gasteiger charge is -2.03. The van der Waals surface area contributed by atoms with E-state index in [-0.39, 0.29) is 10.7 Å². The number of hydrogen-bond acceptors (Lipinski definition) is 3. The van der Waals surface area contributed by atoms with Crippen LogP contribution >= 0.6 is 0 Å². The maximum atomic E-state index is 11.6. The van der Waals surface area contributed by atoms with Gasteiger partial charge < -0.3 is 5.73 Å². The lowest BCUT2D eigenvalue weighted by molar-refractivity contribution is 0.584. The van der Waals surface area contributed by atoms with Crippen LogP contribution in [-0.2, 0) is 10.0 Å². The lowest BCUT2D eigenvalue weighted by atomic mass is 10.2. The van der Waals surface area contributed by atoms with Crippen LogP contribution < -0.4 is 10.6 Å². The maximum Gasteiger partial charge on any atom is 0.276 e. The smallest absolute Gasteiger partial charge is 0.276 e. The van der Waals surface area contributed by atoms with Gasteiger partial charge in [0.2, 0.25) is 0 Å². The molecule has 6 heteroatoms. The zero-order valence-electron chi connectivity index (χ0n) is 8.56. The molecule has 0 amide bonds. The van der Waals surface area contributed by atoms with Gasteiger partial charge in [-0.25, -0.2) is 0 Å². The molecule has 0 aromatic heterocycles. The minimum absolute atomic E-state index is 0.158. The number of sulfonamides is 1. The number of nitrogens with one attached hydrogen (secondary N) is 1. The molecule has 0 spiro atoms. The minimum Gasteiger partial charge on any atom is -0.386 e. The van der Waals surface area contributed by atoms with Crippen LogP contribution in [0, 0.1) is 6.92 Å². The number of hydrogen-bond donors (Lipinski definition) is 2. The van der Waals surface area contributed by atoms with E-state index in [1.165, 1.54) is 19.1 Å². The van der Waals surface area contributed by atoms with Crippen LogP contribution in [0.4, 0.5) is 0 Å². The molecule has 0 saturated carbocycles. The zero-order chi connectivity index (χ0) is 11.5. The molecular formula is C9H13N3O2S. The summed E-state index contributed by atoms with van der Waals surface area (Å²) in [6.07, 6.45) is 0. The molecule has 0 heterocycles. The Morgan fingerprint density at radius 1 is 1.33 bits per heavy atom. The molecule has 82 valence electrons. The fourth-order valence-corrected chi connectivity index (χ4v) is 1.77. The van der Waals surface area contributed by atoms with Gasteiger partial charge in [0, 0.05) is 0 Å². The van der Waals surface area contributed by atoms with Crippen molar-refractivity contribution in [1.29, 1.82) is 0 Å². The molecule has 0 unspecified atom stereocenters. The molecule has 0 radical (unpaired) electrons. The summed E-state index contributed by atoms with van der Waals surface area (Å²) < 4.78 is 23.1. The van der Waals surface area contributed by atoms with Gasteiger partial charge in [-0.15, -0.1) is 0 Å². The molecule has 1 rings (SSSR count). The van der Waals surface area contributed by atoms with Crippen LogP contribution in [0.5, 0.6) is 0 Å². The second kappa shape index (κ2) is 4.31. The Hall–Kier alpha value is -1.56. The van der Waals surface area contributed by atoms with E-state index < -0.39 is 10.0 Å². The predicted molar refractivity (Wildman–Crippen MR) is 58.8 cm³/mol. The summed E-state index contributed by atoms with van der Waals surface area (Å²) in [5, 5.41) is 3.45. The molecule has 0 fully saturated rings. The lowest BCUT2D eigenvalue weighted by Crippen LogP contribution is -2.21. The average molecular weight is 227 g/mol. The Morgan fingerprint density at radius 3 is 2.33 bits per heavy atom. The van der Waals surface area contributed by atoms with Crippen molar-refractivity contribution in [2.75, 3.05) is 0 Å². The predicted octanol–water partition coefficient (Wildman–Crippen LogP) is 0.565. The number of aryl methyl sites for hydroxylation is 1. The number of hydrazone groups is 1. The van der Waals surface area contributed by atoms with Gasteiger partial charge >= 0.3 is 0 Å². The molecule has 0 aliphatic carbocycles. The van der Waals surface area contributed by atoms with E-state index in [2.05, 4.69) is 5.10 Å². The number of benzene rings is 1. The van der Waals surface area contributed by atoms with Gasteiger partial charge in [0.1, 0.15) is 5.84 Å². The average Bonchev–Trinajstić information content (AvgIpc) is 2.16. The van der Waals surface area contributed by atoms with Crippen LogP contribution in [0.1, 0.15) is 12.5 Å². The van der Waals surface area contributed by atoms with Gasteiger partial charge in [-0.3, -0.25) is 0 Å². The first-order chi connectivity index (χ1) is 6.92. The second-order valence-corrected chi connectivity index (χ2v) is 4.82. The Kier molecular flexibility index (Phi) is 3.31. The highest BCUT2D eigenvalue weighted by Crippen LogP contribution is 2.09. The summed E-state index contributed by atoms with van der Waals surface area (Å²) in [5.41, 5.74) is 6.22. The van der Waals surface area contributed by atoms with Gasteiger partial charge in [-0.1, -0.05) is 17.7 Å². The largest absolute Gasteiger partial charge is 0.386 e. The SMILES string of the molecule is CC(N)=NNS(=O)(=O)c1ccc(C)cc1. The van der Waals surface area contributed by atoms with E-state index >= 15 is 0 Å². The van der Waals surface area contributed by atoms with Crippen molar-refractivity contribution in [1.82, 2.24) is 4.83 Å².